The first-order valence-corrected chi connectivity index (χ1v) is 5.33. The Morgan fingerprint density at radius 3 is 2.63 bits per heavy atom. The summed E-state index contributed by atoms with van der Waals surface area (Å²) in [6, 6.07) is 0. The van der Waals surface area contributed by atoms with Crippen molar-refractivity contribution in [3.63, 3.8) is 0 Å². The lowest BCUT2D eigenvalue weighted by Gasteiger charge is -2.13. The van der Waals surface area contributed by atoms with Gasteiger partial charge in [-0.25, -0.2) is 4.98 Å². The van der Waals surface area contributed by atoms with Gasteiger partial charge in [-0.05, 0) is 19.4 Å². The molecule has 1 aromatic rings. The molecule has 8 heteroatoms. The number of hydrogen-bond acceptors (Lipinski definition) is 5. The largest absolute Gasteiger partial charge is 0.574 e. The summed E-state index contributed by atoms with van der Waals surface area (Å²) in [5, 5.41) is 9.65. The molecule has 5 nitrogen and oxygen atoms in total. The number of aromatic nitrogens is 1. The minimum atomic E-state index is -4.97. The van der Waals surface area contributed by atoms with Crippen molar-refractivity contribution in [1.29, 1.82) is 0 Å². The van der Waals surface area contributed by atoms with Crippen LogP contribution < -0.4 is 4.74 Å². The first-order chi connectivity index (χ1) is 8.74. The van der Waals surface area contributed by atoms with E-state index in [9.17, 15) is 23.1 Å². The molecule has 106 valence electrons. The molecule has 0 aromatic carbocycles. The second-order valence-corrected chi connectivity index (χ2v) is 3.60. The average molecular weight is 279 g/mol. The van der Waals surface area contributed by atoms with Crippen LogP contribution in [0.4, 0.5) is 13.2 Å². The number of halogens is 3. The molecule has 0 saturated heterocycles. The predicted octanol–water partition coefficient (Wildman–Crippen LogP) is 2.10. The van der Waals surface area contributed by atoms with Gasteiger partial charge < -0.3 is 14.6 Å². The number of carbonyl (C=O) groups is 1. The molecule has 0 amide bonds. The fraction of sp³-hybridized carbons (Fsp3) is 0.455. The zero-order valence-corrected chi connectivity index (χ0v) is 10.2. The van der Waals surface area contributed by atoms with Gasteiger partial charge in [0.05, 0.1) is 13.0 Å². The molecule has 19 heavy (non-hydrogen) atoms. The fourth-order valence-corrected chi connectivity index (χ4v) is 1.37. The number of hydrogen-bond donors (Lipinski definition) is 1. The van der Waals surface area contributed by atoms with E-state index in [2.05, 4.69) is 14.5 Å². The van der Waals surface area contributed by atoms with Gasteiger partial charge in [-0.1, -0.05) is 0 Å². The molecule has 0 atom stereocenters. The molecule has 0 aliphatic rings. The SMILES string of the molecule is CCOC(=O)Cc1c(C)cnc(OC(F)(F)F)c1O. The maximum absolute atomic E-state index is 12.1. The standard InChI is InChI=1S/C11H12F3NO4/c1-3-18-8(16)4-7-6(2)5-15-10(9(7)17)19-11(12,13)14/h5,17H,3-4H2,1-2H3. The third kappa shape index (κ3) is 4.31. The highest BCUT2D eigenvalue weighted by molar-refractivity contribution is 5.74. The minimum Gasteiger partial charge on any atom is -0.503 e. The van der Waals surface area contributed by atoms with Crippen molar-refractivity contribution in [2.75, 3.05) is 6.61 Å². The van der Waals surface area contributed by atoms with Gasteiger partial charge in [-0.3, -0.25) is 4.79 Å². The van der Waals surface area contributed by atoms with E-state index in [1.807, 2.05) is 0 Å². The lowest BCUT2D eigenvalue weighted by atomic mass is 10.1. The summed E-state index contributed by atoms with van der Waals surface area (Å²) in [6.07, 6.45) is -4.25. The van der Waals surface area contributed by atoms with Crippen LogP contribution in [0.1, 0.15) is 18.1 Å². The zero-order valence-electron chi connectivity index (χ0n) is 10.2. The number of esters is 1. The minimum absolute atomic E-state index is 0.00676. The summed E-state index contributed by atoms with van der Waals surface area (Å²) in [5.41, 5.74) is 0.354. The summed E-state index contributed by atoms with van der Waals surface area (Å²) in [5.74, 6) is -2.46. The first kappa shape index (κ1) is 15.1. The number of carbonyl (C=O) groups excluding carboxylic acids is 1. The summed E-state index contributed by atoms with van der Waals surface area (Å²) in [6.45, 7) is 3.23. The van der Waals surface area contributed by atoms with Gasteiger partial charge in [0.15, 0.2) is 5.75 Å². The molecule has 1 rings (SSSR count). The molecule has 0 radical (unpaired) electrons. The van der Waals surface area contributed by atoms with Gasteiger partial charge in [-0.2, -0.15) is 0 Å². The van der Waals surface area contributed by atoms with Crippen LogP contribution in [-0.4, -0.2) is 29.0 Å². The molecule has 1 heterocycles. The lowest BCUT2D eigenvalue weighted by molar-refractivity contribution is -0.276. The maximum Gasteiger partial charge on any atom is 0.574 e. The van der Waals surface area contributed by atoms with Crippen LogP contribution >= 0.6 is 0 Å². The average Bonchev–Trinajstić information content (AvgIpc) is 2.27. The summed E-state index contributed by atoms with van der Waals surface area (Å²) in [4.78, 5) is 14.6. The van der Waals surface area contributed by atoms with Crippen molar-refractivity contribution in [1.82, 2.24) is 4.98 Å². The highest BCUT2D eigenvalue weighted by atomic mass is 19.4. The van der Waals surface area contributed by atoms with Crippen molar-refractivity contribution in [3.05, 3.63) is 17.3 Å². The second-order valence-electron chi connectivity index (χ2n) is 3.60. The molecule has 0 fully saturated rings. The lowest BCUT2D eigenvalue weighted by Crippen LogP contribution is -2.18. The van der Waals surface area contributed by atoms with Gasteiger partial charge in [0.2, 0.25) is 0 Å². The Balaban J connectivity index is 3.03. The summed E-state index contributed by atoms with van der Waals surface area (Å²) >= 11 is 0. The summed E-state index contributed by atoms with van der Waals surface area (Å²) in [7, 11) is 0. The van der Waals surface area contributed by atoms with Crippen LogP contribution in [0.2, 0.25) is 0 Å². The third-order valence-electron chi connectivity index (χ3n) is 2.18. The van der Waals surface area contributed by atoms with Gasteiger partial charge in [0.1, 0.15) is 0 Å². The molecular formula is C11H12F3NO4. The molecule has 0 aliphatic carbocycles. The van der Waals surface area contributed by atoms with Gasteiger partial charge >= 0.3 is 12.3 Å². The van der Waals surface area contributed by atoms with Crippen LogP contribution in [0, 0.1) is 6.92 Å². The van der Waals surface area contributed by atoms with Crippen molar-refractivity contribution in [3.8, 4) is 11.6 Å². The van der Waals surface area contributed by atoms with E-state index in [0.717, 1.165) is 6.20 Å². The Bertz CT molecular complexity index is 474. The molecule has 1 aromatic heterocycles. The Morgan fingerprint density at radius 1 is 1.47 bits per heavy atom. The van der Waals surface area contributed by atoms with Crippen molar-refractivity contribution in [2.45, 2.75) is 26.6 Å². The Kier molecular flexibility index (Phi) is 4.57. The molecule has 0 aliphatic heterocycles. The Labute approximate surface area is 107 Å². The number of rotatable bonds is 4. The van der Waals surface area contributed by atoms with Crippen LogP contribution in [0.15, 0.2) is 6.20 Å². The van der Waals surface area contributed by atoms with Crippen LogP contribution in [0.5, 0.6) is 11.6 Å². The number of ether oxygens (including phenoxy) is 2. The Morgan fingerprint density at radius 2 is 2.11 bits per heavy atom. The van der Waals surface area contributed by atoms with Gasteiger partial charge in [0, 0.05) is 11.8 Å². The molecule has 0 spiro atoms. The quantitative estimate of drug-likeness (QED) is 0.855. The number of aromatic hydroxyl groups is 1. The monoisotopic (exact) mass is 279 g/mol. The zero-order chi connectivity index (χ0) is 14.6. The predicted molar refractivity (Wildman–Crippen MR) is 57.7 cm³/mol. The van der Waals surface area contributed by atoms with E-state index in [4.69, 9.17) is 0 Å². The van der Waals surface area contributed by atoms with E-state index >= 15 is 0 Å². The van der Waals surface area contributed by atoms with Crippen LogP contribution in [0.25, 0.3) is 0 Å². The van der Waals surface area contributed by atoms with Crippen molar-refractivity contribution in [2.24, 2.45) is 0 Å². The van der Waals surface area contributed by atoms with Crippen molar-refractivity contribution < 1.29 is 32.5 Å². The van der Waals surface area contributed by atoms with Gasteiger partial charge in [0.25, 0.3) is 5.88 Å². The highest BCUT2D eigenvalue weighted by Crippen LogP contribution is 2.33. The normalized spacial score (nSPS) is 11.2. The first-order valence-electron chi connectivity index (χ1n) is 5.33. The van der Waals surface area contributed by atoms with E-state index in [1.165, 1.54) is 6.92 Å². The number of pyridine rings is 1. The van der Waals surface area contributed by atoms with Crippen molar-refractivity contribution >= 4 is 5.97 Å². The number of alkyl halides is 3. The highest BCUT2D eigenvalue weighted by Gasteiger charge is 2.34. The summed E-state index contributed by atoms with van der Waals surface area (Å²) < 4.78 is 44.4. The Hall–Kier alpha value is -1.99. The molecule has 1 N–H and O–H groups in total. The van der Waals surface area contributed by atoms with Gasteiger partial charge in [-0.15, -0.1) is 13.2 Å². The van der Waals surface area contributed by atoms with Crippen LogP contribution in [-0.2, 0) is 16.0 Å². The van der Waals surface area contributed by atoms with E-state index < -0.39 is 24.0 Å². The molecule has 0 saturated carbocycles. The van der Waals surface area contributed by atoms with E-state index in [-0.39, 0.29) is 18.6 Å². The third-order valence-corrected chi connectivity index (χ3v) is 2.18. The topological polar surface area (TPSA) is 68.7 Å². The number of aryl methyl sites for hydroxylation is 1. The number of nitrogens with zero attached hydrogens (tertiary/aromatic N) is 1. The van der Waals surface area contributed by atoms with E-state index in [1.54, 1.807) is 6.92 Å². The smallest absolute Gasteiger partial charge is 0.503 e. The second kappa shape index (κ2) is 5.77. The maximum atomic E-state index is 12.1. The molecular weight excluding hydrogens is 267 g/mol. The van der Waals surface area contributed by atoms with E-state index in [0.29, 0.717) is 5.56 Å². The molecule has 0 bridgehead atoms. The van der Waals surface area contributed by atoms with Crippen LogP contribution in [0.3, 0.4) is 0 Å². The molecule has 0 unspecified atom stereocenters. The fourth-order valence-electron chi connectivity index (χ4n) is 1.37.